The molecule has 2 aliphatic carbocycles. The Bertz CT molecular complexity index is 1060. The van der Waals surface area contributed by atoms with Crippen molar-refractivity contribution in [2.24, 2.45) is 11.8 Å². The van der Waals surface area contributed by atoms with Gasteiger partial charge in [-0.3, -0.25) is 8.97 Å². The molecule has 0 aliphatic heterocycles. The molecule has 2 saturated carbocycles. The lowest BCUT2D eigenvalue weighted by Gasteiger charge is -2.35. The number of carbonyl (C=O) groups excluding carboxylic acids is 2. The molecule has 4 atom stereocenters. The minimum absolute atomic E-state index is 0. The molecule has 42 heavy (non-hydrogen) atoms. The zero-order valence-electron chi connectivity index (χ0n) is 25.8. The fraction of sp³-hybridized carbons (Fsp3) is 0.588. The number of hydrogen-bond donors (Lipinski definition) is 2. The number of hydrogen-bond acceptors (Lipinski definition) is 4. The number of aliphatic hydroxyl groups is 2. The summed E-state index contributed by atoms with van der Waals surface area (Å²) >= 11 is 0. The lowest BCUT2D eigenvalue weighted by molar-refractivity contribution is -0.818. The average Bonchev–Trinajstić information content (AvgIpc) is 2.92. The molecule has 2 N–H and O–H groups in total. The normalized spacial score (nSPS) is 22.9. The highest BCUT2D eigenvalue weighted by Gasteiger charge is 2.35. The minimum Gasteiger partial charge on any atom is -1.00 e. The van der Waals surface area contributed by atoms with Crippen LogP contribution in [0.5, 0.6) is 0 Å². The molecule has 0 saturated heterocycles. The average molecular weight is 711 g/mol. The van der Waals surface area contributed by atoms with Crippen LogP contribution in [0.2, 0.25) is 0 Å². The van der Waals surface area contributed by atoms with E-state index in [1.165, 1.54) is 0 Å². The molecule has 0 radical (unpaired) electrons. The summed E-state index contributed by atoms with van der Waals surface area (Å²) in [6.45, 7) is 1.37. The van der Waals surface area contributed by atoms with Crippen LogP contribution in [-0.4, -0.2) is 84.5 Å². The number of quaternary nitrogens is 2. The van der Waals surface area contributed by atoms with Gasteiger partial charge in [0.05, 0.1) is 66.3 Å². The standard InChI is InChI=1S/C34H50N2O4.2BrH/c1-35(2,23-29-9-5-7-11-31(29)37)33(39)21-25-13-17-27(18-14-25)28-19-15-26(16-20-28)22-34(40)36(3,4)24-30-10-6-8-12-32(30)38;;/h13-20,29-32,37-38H,5-12,21-24H2,1-4H3;2*1H/q+2;;/p-2. The van der Waals surface area contributed by atoms with E-state index in [1.807, 2.05) is 52.5 Å². The van der Waals surface area contributed by atoms with E-state index in [2.05, 4.69) is 24.3 Å². The predicted octanol–water partition coefficient (Wildman–Crippen LogP) is -1.25. The van der Waals surface area contributed by atoms with Gasteiger partial charge in [0.1, 0.15) is 0 Å². The van der Waals surface area contributed by atoms with Gasteiger partial charge in [-0.05, 0) is 47.9 Å². The van der Waals surface area contributed by atoms with Crippen molar-refractivity contribution in [2.75, 3.05) is 41.3 Å². The Labute approximate surface area is 273 Å². The van der Waals surface area contributed by atoms with Crippen molar-refractivity contribution in [1.82, 2.24) is 0 Å². The molecule has 0 spiro atoms. The first-order chi connectivity index (χ1) is 18.9. The maximum atomic E-state index is 13.1. The van der Waals surface area contributed by atoms with Crippen LogP contribution in [0.3, 0.4) is 0 Å². The van der Waals surface area contributed by atoms with Gasteiger partial charge in [-0.25, -0.2) is 9.59 Å². The van der Waals surface area contributed by atoms with Gasteiger partial charge < -0.3 is 44.2 Å². The van der Waals surface area contributed by atoms with Crippen molar-refractivity contribution < 1.29 is 62.7 Å². The number of carbonyl (C=O) groups is 2. The van der Waals surface area contributed by atoms with Crippen molar-refractivity contribution in [1.29, 1.82) is 0 Å². The quantitative estimate of drug-likeness (QED) is 0.320. The summed E-state index contributed by atoms with van der Waals surface area (Å²) < 4.78 is 0.584. The summed E-state index contributed by atoms with van der Waals surface area (Å²) in [7, 11) is 7.85. The van der Waals surface area contributed by atoms with Gasteiger partial charge in [-0.2, -0.15) is 0 Å². The van der Waals surface area contributed by atoms with Crippen LogP contribution in [0.15, 0.2) is 48.5 Å². The molecular formula is C34H50Br2N2O4. The fourth-order valence-electron chi connectivity index (χ4n) is 6.59. The van der Waals surface area contributed by atoms with Crippen LogP contribution in [0.1, 0.15) is 62.5 Å². The zero-order valence-corrected chi connectivity index (χ0v) is 28.9. The summed E-state index contributed by atoms with van der Waals surface area (Å²) in [6.07, 6.45) is 8.30. The molecule has 2 aliphatic rings. The molecule has 2 fully saturated rings. The van der Waals surface area contributed by atoms with Crippen molar-refractivity contribution in [3.05, 3.63) is 59.7 Å². The van der Waals surface area contributed by atoms with E-state index in [-0.39, 0.29) is 69.8 Å². The number of aliphatic hydroxyl groups excluding tert-OH is 2. The second-order valence-electron chi connectivity index (χ2n) is 13.5. The largest absolute Gasteiger partial charge is 1.00 e. The third-order valence-electron chi connectivity index (χ3n) is 9.42. The van der Waals surface area contributed by atoms with E-state index in [0.717, 1.165) is 73.6 Å². The molecule has 2 amide bonds. The Balaban J connectivity index is 0.00000308. The van der Waals surface area contributed by atoms with Crippen LogP contribution in [0.4, 0.5) is 0 Å². The third-order valence-corrected chi connectivity index (χ3v) is 9.42. The third kappa shape index (κ3) is 9.80. The minimum atomic E-state index is -0.288. The number of halogens is 2. The van der Waals surface area contributed by atoms with E-state index < -0.39 is 0 Å². The molecule has 4 unspecified atom stereocenters. The maximum Gasteiger partial charge on any atom is 0.317 e. The number of amides is 2. The number of benzene rings is 2. The molecule has 0 aromatic heterocycles. The summed E-state index contributed by atoms with van der Waals surface area (Å²) in [5.74, 6) is 0.726. The zero-order chi connectivity index (χ0) is 28.9. The molecule has 234 valence electrons. The number of rotatable bonds is 9. The lowest BCUT2D eigenvalue weighted by Crippen LogP contribution is -3.00. The highest BCUT2D eigenvalue weighted by Crippen LogP contribution is 2.28. The molecule has 6 nitrogen and oxygen atoms in total. The molecular weight excluding hydrogens is 660 g/mol. The summed E-state index contributed by atoms with van der Waals surface area (Å²) in [6, 6.07) is 16.3. The van der Waals surface area contributed by atoms with E-state index in [9.17, 15) is 19.8 Å². The Morgan fingerprint density at radius 1 is 0.595 bits per heavy atom. The smallest absolute Gasteiger partial charge is 0.317 e. The van der Waals surface area contributed by atoms with Crippen LogP contribution in [-0.2, 0) is 22.4 Å². The Kier molecular flexibility index (Phi) is 14.1. The maximum absolute atomic E-state index is 13.1. The molecule has 0 heterocycles. The summed E-state index contributed by atoms with van der Waals surface area (Å²) in [4.78, 5) is 26.3. The molecule has 0 bridgehead atoms. The van der Waals surface area contributed by atoms with Crippen molar-refractivity contribution >= 4 is 11.8 Å². The van der Waals surface area contributed by atoms with Crippen LogP contribution in [0, 0.1) is 11.8 Å². The van der Waals surface area contributed by atoms with E-state index in [1.54, 1.807) is 0 Å². The highest BCUT2D eigenvalue weighted by molar-refractivity contribution is 5.74. The highest BCUT2D eigenvalue weighted by atomic mass is 79.9. The first-order valence-corrected chi connectivity index (χ1v) is 15.2. The van der Waals surface area contributed by atoms with Crippen molar-refractivity contribution in [3.8, 4) is 11.1 Å². The Morgan fingerprint density at radius 2 is 0.905 bits per heavy atom. The molecule has 2 aromatic carbocycles. The molecule has 4 rings (SSSR count). The number of likely N-dealkylation sites (N-methyl/N-ethyl adjacent to an activating group) is 2. The van der Waals surface area contributed by atoms with Gasteiger partial charge >= 0.3 is 11.8 Å². The van der Waals surface area contributed by atoms with E-state index in [0.29, 0.717) is 34.9 Å². The van der Waals surface area contributed by atoms with Crippen molar-refractivity contribution in [2.45, 2.75) is 76.4 Å². The second kappa shape index (κ2) is 16.1. The predicted molar refractivity (Wildman–Crippen MR) is 159 cm³/mol. The van der Waals surface area contributed by atoms with Gasteiger partial charge in [-0.15, -0.1) is 0 Å². The monoisotopic (exact) mass is 708 g/mol. The van der Waals surface area contributed by atoms with Gasteiger partial charge in [0.2, 0.25) is 0 Å². The lowest BCUT2D eigenvalue weighted by atomic mass is 9.85. The van der Waals surface area contributed by atoms with Crippen LogP contribution >= 0.6 is 0 Å². The fourth-order valence-corrected chi connectivity index (χ4v) is 6.59. The summed E-state index contributed by atoms with van der Waals surface area (Å²) in [5, 5.41) is 20.7. The Hall–Kier alpha value is -1.42. The molecule has 8 heteroatoms. The molecule has 2 aromatic rings. The van der Waals surface area contributed by atoms with Crippen LogP contribution < -0.4 is 34.0 Å². The first-order valence-electron chi connectivity index (χ1n) is 15.2. The topological polar surface area (TPSA) is 74.6 Å². The Morgan fingerprint density at radius 3 is 1.21 bits per heavy atom. The number of nitrogens with zero attached hydrogens (tertiary/aromatic N) is 2. The van der Waals surface area contributed by atoms with Gasteiger partial charge in [0, 0.05) is 11.8 Å². The first kappa shape index (κ1) is 36.8. The van der Waals surface area contributed by atoms with Gasteiger partial charge in [0.25, 0.3) is 0 Å². The summed E-state index contributed by atoms with van der Waals surface area (Å²) in [5.41, 5.74) is 4.15. The van der Waals surface area contributed by atoms with Gasteiger partial charge in [-0.1, -0.05) is 74.2 Å². The van der Waals surface area contributed by atoms with E-state index >= 15 is 0 Å². The second-order valence-corrected chi connectivity index (χ2v) is 13.5. The SMILES string of the molecule is C[N+](C)(CC1CCCCC1O)C(=O)Cc1ccc(-c2ccc(CC(=O)[N+](C)(C)CC3CCCCC3O)cc2)cc1.[Br-].[Br-]. The van der Waals surface area contributed by atoms with Crippen molar-refractivity contribution in [3.63, 3.8) is 0 Å². The van der Waals surface area contributed by atoms with E-state index in [4.69, 9.17) is 0 Å². The van der Waals surface area contributed by atoms with Gasteiger partial charge in [0.15, 0.2) is 0 Å². The van der Waals surface area contributed by atoms with Crippen LogP contribution in [0.25, 0.3) is 11.1 Å².